The molecule has 5 heteroatoms. The molecule has 4 nitrogen and oxygen atoms in total. The van der Waals surface area contributed by atoms with E-state index in [0.29, 0.717) is 6.04 Å². The second-order valence-electron chi connectivity index (χ2n) is 8.67. The van der Waals surface area contributed by atoms with Crippen molar-refractivity contribution in [3.63, 3.8) is 0 Å². The number of rotatable bonds is 7. The minimum atomic E-state index is 0.0740. The first-order valence-corrected chi connectivity index (χ1v) is 12.1. The van der Waals surface area contributed by atoms with Crippen LogP contribution in [0.5, 0.6) is 5.75 Å². The second kappa shape index (κ2) is 8.90. The molecule has 3 aromatic rings. The van der Waals surface area contributed by atoms with Gasteiger partial charge in [0.1, 0.15) is 15.8 Å². The third-order valence-corrected chi connectivity index (χ3v) is 6.97. The van der Waals surface area contributed by atoms with Crippen LogP contribution in [0.4, 0.5) is 0 Å². The van der Waals surface area contributed by atoms with Crippen molar-refractivity contribution in [2.75, 3.05) is 6.54 Å². The summed E-state index contributed by atoms with van der Waals surface area (Å²) in [4.78, 5) is 0. The predicted octanol–water partition coefficient (Wildman–Crippen LogP) is 5.94. The van der Waals surface area contributed by atoms with E-state index in [1.807, 2.05) is 32.0 Å². The van der Waals surface area contributed by atoms with Gasteiger partial charge in [-0.3, -0.25) is 0 Å². The molecule has 0 spiro atoms. The molecule has 1 unspecified atom stereocenters. The van der Waals surface area contributed by atoms with Crippen LogP contribution in [0.25, 0.3) is 21.1 Å². The SMILES string of the molecule is C#Cc1cc(-c2nnc(-c3cccc4c3CCC4NCC=C3CC3)s2)ccc1OC(C)C. The molecule has 1 N–H and O–H groups in total. The maximum absolute atomic E-state index is 5.82. The number of nitrogens with zero attached hydrogens (tertiary/aromatic N) is 2. The van der Waals surface area contributed by atoms with Crippen LogP contribution in [-0.4, -0.2) is 22.8 Å². The maximum Gasteiger partial charge on any atom is 0.148 e. The summed E-state index contributed by atoms with van der Waals surface area (Å²) in [5, 5.41) is 14.6. The Morgan fingerprint density at radius 1 is 1.19 bits per heavy atom. The topological polar surface area (TPSA) is 47.0 Å². The molecule has 2 aliphatic carbocycles. The molecule has 0 amide bonds. The largest absolute Gasteiger partial charge is 0.490 e. The number of nitrogens with one attached hydrogen (secondary N) is 1. The highest BCUT2D eigenvalue weighted by molar-refractivity contribution is 7.17. The fourth-order valence-corrected chi connectivity index (χ4v) is 5.16. The average Bonchev–Trinajstić information content (AvgIpc) is 3.31. The Morgan fingerprint density at radius 3 is 2.81 bits per heavy atom. The predicted molar refractivity (Wildman–Crippen MR) is 131 cm³/mol. The lowest BCUT2D eigenvalue weighted by molar-refractivity contribution is 0.242. The number of aromatic nitrogens is 2. The van der Waals surface area contributed by atoms with Gasteiger partial charge in [0.25, 0.3) is 0 Å². The van der Waals surface area contributed by atoms with Gasteiger partial charge in [0.2, 0.25) is 0 Å². The summed E-state index contributed by atoms with van der Waals surface area (Å²) < 4.78 is 5.82. The van der Waals surface area contributed by atoms with Crippen LogP contribution in [0.3, 0.4) is 0 Å². The lowest BCUT2D eigenvalue weighted by atomic mass is 10.0. The van der Waals surface area contributed by atoms with Gasteiger partial charge in [-0.25, -0.2) is 0 Å². The lowest BCUT2D eigenvalue weighted by Gasteiger charge is -2.13. The van der Waals surface area contributed by atoms with Crippen LogP contribution in [0.1, 0.15) is 55.8 Å². The smallest absolute Gasteiger partial charge is 0.148 e. The Hall–Kier alpha value is -2.94. The van der Waals surface area contributed by atoms with Gasteiger partial charge in [-0.2, -0.15) is 0 Å². The van der Waals surface area contributed by atoms with E-state index in [4.69, 9.17) is 11.2 Å². The Bertz CT molecular complexity index is 1210. The van der Waals surface area contributed by atoms with Crippen LogP contribution in [0.15, 0.2) is 48.0 Å². The van der Waals surface area contributed by atoms with Crippen LogP contribution >= 0.6 is 11.3 Å². The van der Waals surface area contributed by atoms with Crippen LogP contribution < -0.4 is 10.1 Å². The summed E-state index contributed by atoms with van der Waals surface area (Å²) in [5.41, 5.74) is 7.30. The van der Waals surface area contributed by atoms with Crippen molar-refractivity contribution in [1.29, 1.82) is 0 Å². The van der Waals surface area contributed by atoms with E-state index in [1.165, 1.54) is 29.5 Å². The molecule has 5 rings (SSSR count). The summed E-state index contributed by atoms with van der Waals surface area (Å²) in [7, 11) is 0. The molecule has 0 aliphatic heterocycles. The Labute approximate surface area is 193 Å². The molecular formula is C27H27N3OS. The molecule has 1 atom stereocenters. The number of hydrogen-bond acceptors (Lipinski definition) is 5. The van der Waals surface area contributed by atoms with E-state index in [0.717, 1.165) is 46.3 Å². The van der Waals surface area contributed by atoms with Gasteiger partial charge >= 0.3 is 0 Å². The third kappa shape index (κ3) is 4.34. The first kappa shape index (κ1) is 20.9. The number of benzene rings is 2. The highest BCUT2D eigenvalue weighted by Gasteiger charge is 2.26. The first-order chi connectivity index (χ1) is 15.6. The molecule has 1 saturated carbocycles. The molecule has 1 aromatic heterocycles. The van der Waals surface area contributed by atoms with Gasteiger partial charge in [-0.1, -0.05) is 47.1 Å². The van der Waals surface area contributed by atoms with Crippen molar-refractivity contribution in [1.82, 2.24) is 15.5 Å². The molecule has 1 fully saturated rings. The lowest BCUT2D eigenvalue weighted by Crippen LogP contribution is -2.19. The van der Waals surface area contributed by atoms with Crippen molar-refractivity contribution >= 4 is 11.3 Å². The van der Waals surface area contributed by atoms with E-state index < -0.39 is 0 Å². The molecule has 32 heavy (non-hydrogen) atoms. The van der Waals surface area contributed by atoms with Gasteiger partial charge < -0.3 is 10.1 Å². The van der Waals surface area contributed by atoms with Crippen LogP contribution in [-0.2, 0) is 6.42 Å². The molecule has 1 heterocycles. The number of allylic oxidation sites excluding steroid dienone is 1. The van der Waals surface area contributed by atoms with Gasteiger partial charge in [-0.05, 0) is 68.9 Å². The van der Waals surface area contributed by atoms with Crippen molar-refractivity contribution < 1.29 is 4.74 Å². The summed E-state index contributed by atoms with van der Waals surface area (Å²) in [6, 6.07) is 12.9. The molecule has 0 saturated heterocycles. The number of fused-ring (bicyclic) bond motifs is 1. The van der Waals surface area contributed by atoms with E-state index in [1.54, 1.807) is 16.9 Å². The van der Waals surface area contributed by atoms with Crippen molar-refractivity contribution in [3.8, 4) is 39.2 Å². The molecule has 162 valence electrons. The standard InChI is InChI=1S/C27H27N3OS/c1-4-19-16-20(10-13-25(19)31-17(2)3)26-29-30-27(32-26)23-7-5-6-22-21(23)11-12-24(22)28-15-14-18-8-9-18/h1,5-7,10,13-14,16-17,24,28H,8-9,11-12,15H2,2-3H3. The molecule has 0 radical (unpaired) electrons. The Morgan fingerprint density at radius 2 is 2.03 bits per heavy atom. The van der Waals surface area contributed by atoms with Gasteiger partial charge in [0, 0.05) is 23.7 Å². The number of hydrogen-bond donors (Lipinski definition) is 1. The third-order valence-electron chi connectivity index (χ3n) is 5.96. The highest BCUT2D eigenvalue weighted by atomic mass is 32.1. The zero-order chi connectivity index (χ0) is 22.1. The van der Waals surface area contributed by atoms with Gasteiger partial charge in [0.15, 0.2) is 0 Å². The second-order valence-corrected chi connectivity index (χ2v) is 9.65. The number of terminal acetylenes is 1. The summed E-state index contributed by atoms with van der Waals surface area (Å²) >= 11 is 1.61. The van der Waals surface area contributed by atoms with Crippen molar-refractivity contribution in [2.45, 2.75) is 51.7 Å². The minimum Gasteiger partial charge on any atom is -0.490 e. The van der Waals surface area contributed by atoms with Crippen molar-refractivity contribution in [3.05, 3.63) is 64.7 Å². The van der Waals surface area contributed by atoms with E-state index in [2.05, 4.69) is 45.7 Å². The average molecular weight is 442 g/mol. The van der Waals surface area contributed by atoms with E-state index in [-0.39, 0.29) is 6.10 Å². The van der Waals surface area contributed by atoms with E-state index >= 15 is 0 Å². The van der Waals surface area contributed by atoms with Gasteiger partial charge in [0.05, 0.1) is 11.7 Å². The number of ether oxygens (including phenoxy) is 1. The highest BCUT2D eigenvalue weighted by Crippen LogP contribution is 2.40. The quantitative estimate of drug-likeness (QED) is 0.364. The van der Waals surface area contributed by atoms with Crippen LogP contribution in [0.2, 0.25) is 0 Å². The molecule has 0 bridgehead atoms. The Kier molecular flexibility index (Phi) is 5.82. The van der Waals surface area contributed by atoms with E-state index in [9.17, 15) is 0 Å². The van der Waals surface area contributed by atoms with Gasteiger partial charge in [-0.15, -0.1) is 16.6 Å². The first-order valence-electron chi connectivity index (χ1n) is 11.3. The Balaban J connectivity index is 1.39. The normalized spacial score (nSPS) is 16.7. The summed E-state index contributed by atoms with van der Waals surface area (Å²) in [5.74, 6) is 3.47. The fourth-order valence-electron chi connectivity index (χ4n) is 4.27. The van der Waals surface area contributed by atoms with Crippen molar-refractivity contribution in [2.24, 2.45) is 0 Å². The fraction of sp³-hybridized carbons (Fsp3) is 0.333. The zero-order valence-corrected chi connectivity index (χ0v) is 19.3. The summed E-state index contributed by atoms with van der Waals surface area (Å²) in [6.45, 7) is 4.95. The molecule has 2 aromatic carbocycles. The minimum absolute atomic E-state index is 0.0740. The maximum atomic E-state index is 5.82. The molecule has 2 aliphatic rings. The monoisotopic (exact) mass is 441 g/mol. The van der Waals surface area contributed by atoms with Crippen LogP contribution in [0, 0.1) is 12.3 Å². The molecular weight excluding hydrogens is 414 g/mol. The summed E-state index contributed by atoms with van der Waals surface area (Å²) in [6.07, 6.45) is 12.9. The zero-order valence-electron chi connectivity index (χ0n) is 18.5.